The number of benzene rings is 1. The van der Waals surface area contributed by atoms with Crippen LogP contribution < -0.4 is 5.73 Å². The predicted octanol–water partition coefficient (Wildman–Crippen LogP) is 3.35. The number of hydrogen-bond acceptors (Lipinski definition) is 3. The highest BCUT2D eigenvalue weighted by Crippen LogP contribution is 2.26. The minimum atomic E-state index is -0.191. The number of aryl methyl sites for hydroxylation is 1. The van der Waals surface area contributed by atoms with Crippen molar-refractivity contribution in [3.63, 3.8) is 0 Å². The van der Waals surface area contributed by atoms with Gasteiger partial charge in [-0.15, -0.1) is 0 Å². The molecule has 0 saturated heterocycles. The van der Waals surface area contributed by atoms with Gasteiger partial charge in [0.2, 0.25) is 0 Å². The zero-order valence-corrected chi connectivity index (χ0v) is 12.6. The van der Waals surface area contributed by atoms with E-state index >= 15 is 0 Å². The molecule has 1 aromatic carbocycles. The highest BCUT2D eigenvalue weighted by molar-refractivity contribution is 6.31. The van der Waals surface area contributed by atoms with Gasteiger partial charge < -0.3 is 5.73 Å². The fraction of sp³-hybridized carbons (Fsp3) is 0.250. The number of hydrogen-bond donors (Lipinski definition) is 1. The highest BCUT2D eigenvalue weighted by atomic mass is 35.5. The molecule has 3 rings (SSSR count). The van der Waals surface area contributed by atoms with E-state index in [2.05, 4.69) is 29.1 Å². The second-order valence-corrected chi connectivity index (χ2v) is 5.39. The average Bonchev–Trinajstić information content (AvgIpc) is 2.86. The molecule has 0 radical (unpaired) electrons. The maximum absolute atomic E-state index is 6.31. The van der Waals surface area contributed by atoms with E-state index in [9.17, 15) is 0 Å². The lowest BCUT2D eigenvalue weighted by molar-refractivity contribution is 0.641. The largest absolute Gasteiger partial charge is 0.324 e. The van der Waals surface area contributed by atoms with Crippen molar-refractivity contribution in [1.29, 1.82) is 0 Å². The third-order valence-electron chi connectivity index (χ3n) is 3.65. The molecule has 1 unspecified atom stereocenters. The summed E-state index contributed by atoms with van der Waals surface area (Å²) in [5, 5.41) is 6.43. The summed E-state index contributed by atoms with van der Waals surface area (Å²) in [4.78, 5) is 3.99. The minimum absolute atomic E-state index is 0.191. The van der Waals surface area contributed by atoms with E-state index in [0.717, 1.165) is 28.7 Å². The summed E-state index contributed by atoms with van der Waals surface area (Å²) in [6, 6.07) is 9.90. The van der Waals surface area contributed by atoms with Gasteiger partial charge in [-0.3, -0.25) is 9.67 Å². The Hall–Kier alpha value is -1.91. The number of pyridine rings is 1. The predicted molar refractivity (Wildman–Crippen MR) is 85.3 cm³/mol. The molecule has 0 saturated carbocycles. The Bertz CT molecular complexity index is 766. The SMILES string of the molecule is CCn1nc(CC(N)c2ccncc2Cl)c2ccccc21. The fourth-order valence-electron chi connectivity index (χ4n) is 2.59. The van der Waals surface area contributed by atoms with Crippen LogP contribution >= 0.6 is 11.6 Å². The topological polar surface area (TPSA) is 56.7 Å². The van der Waals surface area contributed by atoms with E-state index < -0.39 is 0 Å². The van der Waals surface area contributed by atoms with E-state index in [-0.39, 0.29) is 6.04 Å². The molecule has 0 aliphatic rings. The Morgan fingerprint density at radius 1 is 1.29 bits per heavy atom. The van der Waals surface area contributed by atoms with E-state index in [0.29, 0.717) is 11.4 Å². The van der Waals surface area contributed by atoms with Gasteiger partial charge in [0.05, 0.1) is 16.2 Å². The lowest BCUT2D eigenvalue weighted by atomic mass is 10.0. The lowest BCUT2D eigenvalue weighted by Crippen LogP contribution is -2.14. The molecule has 2 N–H and O–H groups in total. The van der Waals surface area contributed by atoms with Crippen molar-refractivity contribution in [2.75, 3.05) is 0 Å². The Balaban J connectivity index is 1.97. The molecule has 0 bridgehead atoms. The van der Waals surface area contributed by atoms with Gasteiger partial charge in [-0.1, -0.05) is 29.8 Å². The molecule has 0 amide bonds. The number of aromatic nitrogens is 3. The quantitative estimate of drug-likeness (QED) is 0.804. The summed E-state index contributed by atoms with van der Waals surface area (Å²) in [6.07, 6.45) is 3.99. The molecule has 2 heterocycles. The van der Waals surface area contributed by atoms with Crippen LogP contribution in [0.15, 0.2) is 42.7 Å². The van der Waals surface area contributed by atoms with Crippen LogP contribution in [0.2, 0.25) is 5.02 Å². The van der Waals surface area contributed by atoms with Crippen LogP contribution in [0, 0.1) is 0 Å². The van der Waals surface area contributed by atoms with E-state index in [1.54, 1.807) is 12.4 Å². The molecule has 0 spiro atoms. The third kappa shape index (κ3) is 2.64. The molecule has 1 atom stereocenters. The van der Waals surface area contributed by atoms with Crippen LogP contribution in [0.3, 0.4) is 0 Å². The third-order valence-corrected chi connectivity index (χ3v) is 3.97. The van der Waals surface area contributed by atoms with Crippen molar-refractivity contribution in [3.05, 3.63) is 59.0 Å². The lowest BCUT2D eigenvalue weighted by Gasteiger charge is -2.12. The Labute approximate surface area is 128 Å². The zero-order valence-electron chi connectivity index (χ0n) is 11.8. The summed E-state index contributed by atoms with van der Waals surface area (Å²) in [7, 11) is 0. The van der Waals surface area contributed by atoms with E-state index in [1.165, 1.54) is 0 Å². The molecule has 2 aromatic heterocycles. The van der Waals surface area contributed by atoms with Gasteiger partial charge in [-0.2, -0.15) is 5.10 Å². The fourth-order valence-corrected chi connectivity index (χ4v) is 2.85. The van der Waals surface area contributed by atoms with E-state index in [4.69, 9.17) is 17.3 Å². The van der Waals surface area contributed by atoms with Crippen LogP contribution in [0.5, 0.6) is 0 Å². The molecule has 3 aromatic rings. The maximum atomic E-state index is 6.31. The molecule has 21 heavy (non-hydrogen) atoms. The van der Waals surface area contributed by atoms with Crippen LogP contribution in [0.25, 0.3) is 10.9 Å². The smallest absolute Gasteiger partial charge is 0.0722 e. The zero-order chi connectivity index (χ0) is 14.8. The number of nitrogens with zero attached hydrogens (tertiary/aromatic N) is 3. The van der Waals surface area contributed by atoms with Gasteiger partial charge in [0.1, 0.15) is 0 Å². The second kappa shape index (κ2) is 5.84. The molecular formula is C16H17ClN4. The van der Waals surface area contributed by atoms with Crippen molar-refractivity contribution in [3.8, 4) is 0 Å². The van der Waals surface area contributed by atoms with Crippen LogP contribution in [-0.4, -0.2) is 14.8 Å². The minimum Gasteiger partial charge on any atom is -0.324 e. The molecule has 5 heteroatoms. The average molecular weight is 301 g/mol. The normalized spacial score (nSPS) is 12.7. The first-order chi connectivity index (χ1) is 10.2. The Kier molecular flexibility index (Phi) is 3.90. The molecule has 0 aliphatic carbocycles. The Morgan fingerprint density at radius 2 is 2.10 bits per heavy atom. The van der Waals surface area contributed by atoms with Gasteiger partial charge in [0.25, 0.3) is 0 Å². The van der Waals surface area contributed by atoms with Crippen molar-refractivity contribution in [2.24, 2.45) is 5.73 Å². The van der Waals surface area contributed by atoms with Crippen molar-refractivity contribution in [1.82, 2.24) is 14.8 Å². The highest BCUT2D eigenvalue weighted by Gasteiger charge is 2.16. The van der Waals surface area contributed by atoms with Crippen LogP contribution in [-0.2, 0) is 13.0 Å². The van der Waals surface area contributed by atoms with Gasteiger partial charge in [-0.05, 0) is 24.6 Å². The van der Waals surface area contributed by atoms with Crippen LogP contribution in [0.1, 0.15) is 24.2 Å². The molecule has 0 aliphatic heterocycles. The number of halogens is 1. The monoisotopic (exact) mass is 300 g/mol. The first-order valence-corrected chi connectivity index (χ1v) is 7.38. The van der Waals surface area contributed by atoms with Gasteiger partial charge in [0, 0.05) is 36.8 Å². The van der Waals surface area contributed by atoms with Gasteiger partial charge in [0.15, 0.2) is 0 Å². The molecule has 108 valence electrons. The van der Waals surface area contributed by atoms with Crippen molar-refractivity contribution in [2.45, 2.75) is 25.9 Å². The molecular weight excluding hydrogens is 284 g/mol. The summed E-state index contributed by atoms with van der Waals surface area (Å²) in [6.45, 7) is 2.93. The van der Waals surface area contributed by atoms with Crippen LogP contribution in [0.4, 0.5) is 0 Å². The van der Waals surface area contributed by atoms with E-state index in [1.807, 2.05) is 22.9 Å². The van der Waals surface area contributed by atoms with Crippen molar-refractivity contribution < 1.29 is 0 Å². The molecule has 4 nitrogen and oxygen atoms in total. The standard InChI is InChI=1S/C16H17ClN4/c1-2-21-16-6-4-3-5-12(16)15(20-21)9-14(18)11-7-8-19-10-13(11)17/h3-8,10,14H,2,9,18H2,1H3. The first-order valence-electron chi connectivity index (χ1n) is 7.00. The summed E-state index contributed by atoms with van der Waals surface area (Å²) < 4.78 is 2.01. The summed E-state index contributed by atoms with van der Waals surface area (Å²) >= 11 is 6.17. The number of nitrogens with two attached hydrogens (primary N) is 1. The van der Waals surface area contributed by atoms with Gasteiger partial charge in [-0.25, -0.2) is 0 Å². The Morgan fingerprint density at radius 3 is 2.86 bits per heavy atom. The number of rotatable bonds is 4. The summed E-state index contributed by atoms with van der Waals surface area (Å²) in [5.41, 5.74) is 9.36. The summed E-state index contributed by atoms with van der Waals surface area (Å²) in [5.74, 6) is 0. The number of fused-ring (bicyclic) bond motifs is 1. The van der Waals surface area contributed by atoms with Crippen molar-refractivity contribution >= 4 is 22.5 Å². The van der Waals surface area contributed by atoms with Gasteiger partial charge >= 0.3 is 0 Å². The maximum Gasteiger partial charge on any atom is 0.0722 e. The number of para-hydroxylation sites is 1. The second-order valence-electron chi connectivity index (χ2n) is 4.99. The first kappa shape index (κ1) is 14.0. The molecule has 0 fully saturated rings.